The molecule has 0 atom stereocenters. The molecule has 0 saturated heterocycles. The van der Waals surface area contributed by atoms with Gasteiger partial charge in [0.05, 0.1) is 132 Å². The molecule has 0 saturated carbocycles. The summed E-state index contributed by atoms with van der Waals surface area (Å²) < 4.78 is 59.9. The van der Waals surface area contributed by atoms with Gasteiger partial charge in [0, 0.05) is 13.0 Å². The van der Waals surface area contributed by atoms with Crippen LogP contribution in [0, 0.1) is 0 Å². The number of carbonyl (C=O) groups excluding carboxylic acids is 1. The topological polar surface area (TPSA) is 122 Å². The van der Waals surface area contributed by atoms with Gasteiger partial charge in [0.2, 0.25) is 0 Å². The monoisotopic (exact) mass is 712 g/mol. The van der Waals surface area contributed by atoms with E-state index in [1.807, 2.05) is 14.1 Å². The molecule has 0 bridgehead atoms. The highest BCUT2D eigenvalue weighted by Gasteiger charge is 2.03. The van der Waals surface area contributed by atoms with E-state index in [0.717, 1.165) is 19.4 Å². The summed E-state index contributed by atoms with van der Waals surface area (Å²) >= 11 is 0. The summed E-state index contributed by atoms with van der Waals surface area (Å²) in [7, 11) is 4.04. The maximum atomic E-state index is 11.8. The Morgan fingerprint density at radius 3 is 0.939 bits per heavy atom. The van der Waals surface area contributed by atoms with Gasteiger partial charge in [0.1, 0.15) is 6.61 Å². The van der Waals surface area contributed by atoms with E-state index in [2.05, 4.69) is 11.8 Å². The van der Waals surface area contributed by atoms with Crippen molar-refractivity contribution in [1.29, 1.82) is 0 Å². The Hall–Kier alpha value is -0.970. The van der Waals surface area contributed by atoms with Gasteiger partial charge in [-0.3, -0.25) is 4.79 Å². The van der Waals surface area contributed by atoms with E-state index in [1.165, 1.54) is 44.9 Å². The first-order valence-electron chi connectivity index (χ1n) is 18.7. The highest BCUT2D eigenvalue weighted by Crippen LogP contribution is 2.10. The van der Waals surface area contributed by atoms with Crippen LogP contribution in [0.5, 0.6) is 0 Å². The van der Waals surface area contributed by atoms with E-state index in [9.17, 15) is 4.79 Å². The molecule has 0 N–H and O–H groups in total. The van der Waals surface area contributed by atoms with Crippen molar-refractivity contribution in [1.82, 2.24) is 4.90 Å². The number of rotatable bonds is 43. The zero-order valence-corrected chi connectivity index (χ0v) is 31.5. The molecule has 13 heteroatoms. The number of nitrogens with zero attached hydrogens (tertiary/aromatic N) is 1. The molecule has 49 heavy (non-hydrogen) atoms. The van der Waals surface area contributed by atoms with Gasteiger partial charge >= 0.3 is 5.97 Å². The van der Waals surface area contributed by atoms with Crippen LogP contribution in [0.3, 0.4) is 0 Å². The van der Waals surface area contributed by atoms with Gasteiger partial charge in [-0.2, -0.15) is 0 Å². The predicted octanol–water partition coefficient (Wildman–Crippen LogP) is 4.18. The standard InChI is InChI=1S/C36H73NO12/c1-4-5-6-7-8-9-10-11-12-13-36(38)49-35-34-48-33-32-47-31-30-46-29-28-45-27-26-44-25-24-43-23-22-42-21-20-41-19-18-40-17-16-39-15-14-37(2)3/h4-35H2,1-3H3. The lowest BCUT2D eigenvalue weighted by molar-refractivity contribution is -0.145. The van der Waals surface area contributed by atoms with Crippen LogP contribution in [0.25, 0.3) is 0 Å². The molecular formula is C36H73NO12. The molecule has 0 aromatic heterocycles. The van der Waals surface area contributed by atoms with E-state index in [4.69, 9.17) is 52.1 Å². The van der Waals surface area contributed by atoms with Gasteiger partial charge in [0.15, 0.2) is 0 Å². The number of hydrogen-bond acceptors (Lipinski definition) is 13. The number of unbranched alkanes of at least 4 members (excludes halogenated alkanes) is 8. The van der Waals surface area contributed by atoms with E-state index in [-0.39, 0.29) is 12.6 Å². The molecule has 0 heterocycles. The number of esters is 1. The third kappa shape index (κ3) is 45.0. The molecule has 0 aliphatic heterocycles. The minimum Gasteiger partial charge on any atom is -0.463 e. The Balaban J connectivity index is 3.11. The zero-order valence-electron chi connectivity index (χ0n) is 31.5. The fourth-order valence-corrected chi connectivity index (χ4v) is 4.19. The van der Waals surface area contributed by atoms with Crippen LogP contribution >= 0.6 is 0 Å². The maximum absolute atomic E-state index is 11.8. The molecule has 0 aliphatic carbocycles. The van der Waals surface area contributed by atoms with Crippen molar-refractivity contribution in [3.05, 3.63) is 0 Å². The molecule has 0 amide bonds. The lowest BCUT2D eigenvalue weighted by atomic mass is 10.1. The van der Waals surface area contributed by atoms with Crippen molar-refractivity contribution in [3.63, 3.8) is 0 Å². The van der Waals surface area contributed by atoms with Crippen molar-refractivity contribution in [2.75, 3.05) is 159 Å². The maximum Gasteiger partial charge on any atom is 0.305 e. The minimum absolute atomic E-state index is 0.135. The lowest BCUT2D eigenvalue weighted by Gasteiger charge is -2.10. The summed E-state index contributed by atoms with van der Waals surface area (Å²) in [5.74, 6) is -0.135. The van der Waals surface area contributed by atoms with Gasteiger partial charge in [-0.1, -0.05) is 58.3 Å². The number of likely N-dealkylation sites (N-methyl/N-ethyl adjacent to an activating group) is 1. The Labute approximate surface area is 298 Å². The van der Waals surface area contributed by atoms with Crippen LogP contribution in [0.4, 0.5) is 0 Å². The molecule has 0 aliphatic rings. The first-order chi connectivity index (χ1) is 24.2. The summed E-state index contributed by atoms with van der Waals surface area (Å²) in [6.45, 7) is 13.8. The molecule has 0 spiro atoms. The summed E-state index contributed by atoms with van der Waals surface area (Å²) in [6.07, 6.45) is 11.6. The van der Waals surface area contributed by atoms with E-state index >= 15 is 0 Å². The fraction of sp³-hybridized carbons (Fsp3) is 0.972. The van der Waals surface area contributed by atoms with Crippen molar-refractivity contribution in [2.45, 2.75) is 71.1 Å². The second-order valence-corrected chi connectivity index (χ2v) is 11.7. The molecule has 0 radical (unpaired) electrons. The number of ether oxygens (including phenoxy) is 11. The quantitative estimate of drug-likeness (QED) is 0.0665. The minimum atomic E-state index is -0.135. The first kappa shape index (κ1) is 48.0. The Morgan fingerprint density at radius 2 is 0.633 bits per heavy atom. The molecule has 0 aromatic rings. The van der Waals surface area contributed by atoms with Crippen LogP contribution in [0.1, 0.15) is 71.1 Å². The highest BCUT2D eigenvalue weighted by atomic mass is 16.6. The molecule has 0 unspecified atom stereocenters. The second-order valence-electron chi connectivity index (χ2n) is 11.7. The third-order valence-corrected chi connectivity index (χ3v) is 7.01. The smallest absolute Gasteiger partial charge is 0.305 e. The van der Waals surface area contributed by atoms with E-state index in [0.29, 0.717) is 139 Å². The molecule has 0 rings (SSSR count). The zero-order chi connectivity index (χ0) is 35.6. The van der Waals surface area contributed by atoms with Crippen molar-refractivity contribution in [2.24, 2.45) is 0 Å². The highest BCUT2D eigenvalue weighted by molar-refractivity contribution is 5.69. The van der Waals surface area contributed by atoms with Gasteiger partial charge in [0.25, 0.3) is 0 Å². The number of carbonyl (C=O) groups is 1. The van der Waals surface area contributed by atoms with Crippen LogP contribution in [-0.4, -0.2) is 170 Å². The first-order valence-corrected chi connectivity index (χ1v) is 18.7. The molecule has 13 nitrogen and oxygen atoms in total. The SMILES string of the molecule is CCCCCCCCCCCC(=O)OCCOCCOCCOCCOCCOCCOCCOCCOCCOCCOCCN(C)C. The predicted molar refractivity (Wildman–Crippen MR) is 190 cm³/mol. The Bertz CT molecular complexity index is 633. The average Bonchev–Trinajstić information content (AvgIpc) is 3.09. The fourth-order valence-electron chi connectivity index (χ4n) is 4.19. The van der Waals surface area contributed by atoms with Crippen LogP contribution < -0.4 is 0 Å². The van der Waals surface area contributed by atoms with E-state index in [1.54, 1.807) is 0 Å². The lowest BCUT2D eigenvalue weighted by Crippen LogP contribution is -2.19. The van der Waals surface area contributed by atoms with Crippen LogP contribution in [0.2, 0.25) is 0 Å². The summed E-state index contributed by atoms with van der Waals surface area (Å²) in [6, 6.07) is 0. The largest absolute Gasteiger partial charge is 0.463 e. The summed E-state index contributed by atoms with van der Waals surface area (Å²) in [4.78, 5) is 13.9. The van der Waals surface area contributed by atoms with Gasteiger partial charge in [-0.15, -0.1) is 0 Å². The van der Waals surface area contributed by atoms with Crippen molar-refractivity contribution in [3.8, 4) is 0 Å². The van der Waals surface area contributed by atoms with Crippen LogP contribution in [0.15, 0.2) is 0 Å². The molecule has 0 aromatic carbocycles. The third-order valence-electron chi connectivity index (χ3n) is 7.01. The van der Waals surface area contributed by atoms with E-state index < -0.39 is 0 Å². The number of hydrogen-bond donors (Lipinski definition) is 0. The van der Waals surface area contributed by atoms with Gasteiger partial charge in [-0.25, -0.2) is 0 Å². The Morgan fingerprint density at radius 1 is 0.367 bits per heavy atom. The van der Waals surface area contributed by atoms with Crippen molar-refractivity contribution < 1.29 is 56.9 Å². The van der Waals surface area contributed by atoms with Gasteiger partial charge in [-0.05, 0) is 20.5 Å². The second kappa shape index (κ2) is 43.2. The summed E-state index contributed by atoms with van der Waals surface area (Å²) in [5.41, 5.74) is 0. The normalized spacial score (nSPS) is 11.6. The molecular weight excluding hydrogens is 638 g/mol. The molecule has 0 fully saturated rings. The Kier molecular flexibility index (Phi) is 42.3. The summed E-state index contributed by atoms with van der Waals surface area (Å²) in [5, 5.41) is 0. The average molecular weight is 712 g/mol. The molecule has 294 valence electrons. The van der Waals surface area contributed by atoms with Gasteiger partial charge < -0.3 is 57.0 Å². The van der Waals surface area contributed by atoms with Crippen molar-refractivity contribution >= 4 is 5.97 Å². The van der Waals surface area contributed by atoms with Crippen LogP contribution in [-0.2, 0) is 56.9 Å².